The molecule has 0 bridgehead atoms. The molecule has 2 nitrogen and oxygen atoms in total. The summed E-state index contributed by atoms with van der Waals surface area (Å²) in [5.41, 5.74) is 0. The van der Waals surface area contributed by atoms with Crippen molar-refractivity contribution in [3.8, 4) is 11.8 Å². The van der Waals surface area contributed by atoms with Gasteiger partial charge in [-0.05, 0) is 6.42 Å². The van der Waals surface area contributed by atoms with E-state index in [1.165, 1.54) is 64.2 Å². The predicted octanol–water partition coefficient (Wildman–Crippen LogP) is 3.63. The van der Waals surface area contributed by atoms with Gasteiger partial charge in [0.15, 0.2) is 0 Å². The van der Waals surface area contributed by atoms with Crippen LogP contribution in [0.2, 0.25) is 0 Å². The van der Waals surface area contributed by atoms with Gasteiger partial charge in [-0.25, -0.2) is 0 Å². The SMILES string of the molecule is CCCCCCCCCCC[C@@H]1N[C@@H]1C#CCCO. The zero-order valence-corrected chi connectivity index (χ0v) is 12.6. The largest absolute Gasteiger partial charge is 0.395 e. The molecule has 0 aliphatic carbocycles. The molecule has 19 heavy (non-hydrogen) atoms. The third kappa shape index (κ3) is 9.08. The van der Waals surface area contributed by atoms with Crippen LogP contribution in [0.5, 0.6) is 0 Å². The second kappa shape index (κ2) is 11.3. The summed E-state index contributed by atoms with van der Waals surface area (Å²) in [5, 5.41) is 12.0. The first-order valence-electron chi connectivity index (χ1n) is 8.23. The highest BCUT2D eigenvalue weighted by Gasteiger charge is 2.33. The second-order valence-electron chi connectivity index (χ2n) is 5.66. The lowest BCUT2D eigenvalue weighted by atomic mass is 10.1. The van der Waals surface area contributed by atoms with E-state index in [2.05, 4.69) is 24.1 Å². The van der Waals surface area contributed by atoms with Crippen molar-refractivity contribution >= 4 is 0 Å². The van der Waals surface area contributed by atoms with Crippen molar-refractivity contribution in [3.05, 3.63) is 0 Å². The van der Waals surface area contributed by atoms with E-state index >= 15 is 0 Å². The molecule has 0 aromatic heterocycles. The van der Waals surface area contributed by atoms with Gasteiger partial charge in [0.2, 0.25) is 0 Å². The Morgan fingerprint density at radius 1 is 0.947 bits per heavy atom. The van der Waals surface area contributed by atoms with Gasteiger partial charge in [-0.2, -0.15) is 0 Å². The third-order valence-corrected chi connectivity index (χ3v) is 3.80. The highest BCUT2D eigenvalue weighted by atomic mass is 16.2. The smallest absolute Gasteiger partial charge is 0.0848 e. The van der Waals surface area contributed by atoms with Gasteiger partial charge < -0.3 is 5.11 Å². The van der Waals surface area contributed by atoms with Gasteiger partial charge in [0.1, 0.15) is 0 Å². The van der Waals surface area contributed by atoms with E-state index < -0.39 is 0 Å². The molecule has 0 aromatic rings. The lowest BCUT2D eigenvalue weighted by Crippen LogP contribution is -1.92. The van der Waals surface area contributed by atoms with E-state index in [9.17, 15) is 0 Å². The topological polar surface area (TPSA) is 42.2 Å². The van der Waals surface area contributed by atoms with Crippen molar-refractivity contribution in [1.29, 1.82) is 0 Å². The third-order valence-electron chi connectivity index (χ3n) is 3.80. The fraction of sp³-hybridized carbons (Fsp3) is 0.882. The summed E-state index contributed by atoms with van der Waals surface area (Å²) in [4.78, 5) is 0. The van der Waals surface area contributed by atoms with E-state index in [0.717, 1.165) is 0 Å². The Balaban J connectivity index is 1.79. The maximum Gasteiger partial charge on any atom is 0.0848 e. The van der Waals surface area contributed by atoms with Gasteiger partial charge in [-0.15, -0.1) is 0 Å². The monoisotopic (exact) mass is 265 g/mol. The molecule has 1 heterocycles. The average Bonchev–Trinajstić information content (AvgIpc) is 3.16. The molecule has 1 aliphatic rings. The van der Waals surface area contributed by atoms with Crippen LogP contribution in [0.25, 0.3) is 0 Å². The van der Waals surface area contributed by atoms with Crippen LogP contribution < -0.4 is 5.32 Å². The summed E-state index contributed by atoms with van der Waals surface area (Å²) >= 11 is 0. The van der Waals surface area contributed by atoms with Crippen LogP contribution >= 0.6 is 0 Å². The number of rotatable bonds is 11. The molecule has 1 saturated heterocycles. The first kappa shape index (κ1) is 16.5. The maximum absolute atomic E-state index is 8.63. The molecule has 0 radical (unpaired) electrons. The lowest BCUT2D eigenvalue weighted by molar-refractivity contribution is 0.305. The summed E-state index contributed by atoms with van der Waals surface area (Å²) in [6.07, 6.45) is 14.5. The predicted molar refractivity (Wildman–Crippen MR) is 82.0 cm³/mol. The zero-order chi connectivity index (χ0) is 13.8. The fourth-order valence-corrected chi connectivity index (χ4v) is 2.48. The molecule has 2 atom stereocenters. The molecule has 0 saturated carbocycles. The molecule has 2 N–H and O–H groups in total. The van der Waals surface area contributed by atoms with Crippen molar-refractivity contribution in [2.45, 2.75) is 89.6 Å². The highest BCUT2D eigenvalue weighted by molar-refractivity contribution is 5.20. The Hall–Kier alpha value is -0.520. The molecule has 1 fully saturated rings. The summed E-state index contributed by atoms with van der Waals surface area (Å²) in [6, 6.07) is 1.05. The van der Waals surface area contributed by atoms with Crippen LogP contribution in [0.4, 0.5) is 0 Å². The second-order valence-corrected chi connectivity index (χ2v) is 5.66. The van der Waals surface area contributed by atoms with Gasteiger partial charge in [-0.3, -0.25) is 5.32 Å². The molecule has 0 spiro atoms. The standard InChI is InChI=1S/C17H31NO/c1-2-3-4-5-6-7-8-9-10-13-16-17(18-16)14-11-12-15-19/h16-19H,2-10,12-13,15H2,1H3/t16-,17+/m0/s1. The van der Waals surface area contributed by atoms with Crippen LogP contribution in [-0.2, 0) is 0 Å². The molecule has 0 unspecified atom stereocenters. The van der Waals surface area contributed by atoms with Gasteiger partial charge in [0, 0.05) is 12.5 Å². The molecule has 2 heteroatoms. The Bertz CT molecular complexity index is 266. The van der Waals surface area contributed by atoms with Gasteiger partial charge in [0.25, 0.3) is 0 Å². The van der Waals surface area contributed by atoms with Crippen LogP contribution in [0.3, 0.4) is 0 Å². The summed E-state index contributed by atoms with van der Waals surface area (Å²) < 4.78 is 0. The van der Waals surface area contributed by atoms with E-state index in [0.29, 0.717) is 18.5 Å². The zero-order valence-electron chi connectivity index (χ0n) is 12.6. The van der Waals surface area contributed by atoms with E-state index in [-0.39, 0.29) is 6.61 Å². The van der Waals surface area contributed by atoms with Crippen LogP contribution in [-0.4, -0.2) is 23.8 Å². The van der Waals surface area contributed by atoms with Gasteiger partial charge in [0.05, 0.1) is 12.6 Å². The number of hydrogen-bond acceptors (Lipinski definition) is 2. The molecular formula is C17H31NO. The molecule has 1 aliphatic heterocycles. The number of unbranched alkanes of at least 4 members (excludes halogenated alkanes) is 8. The minimum absolute atomic E-state index is 0.183. The Kier molecular flexibility index (Phi) is 9.85. The molecule has 0 aromatic carbocycles. The van der Waals surface area contributed by atoms with Crippen molar-refractivity contribution in [2.75, 3.05) is 6.61 Å². The minimum Gasteiger partial charge on any atom is -0.395 e. The quantitative estimate of drug-likeness (QED) is 0.340. The number of hydrogen-bond donors (Lipinski definition) is 2. The lowest BCUT2D eigenvalue weighted by Gasteiger charge is -2.01. The Morgan fingerprint density at radius 2 is 1.58 bits per heavy atom. The summed E-state index contributed by atoms with van der Waals surface area (Å²) in [7, 11) is 0. The first-order valence-corrected chi connectivity index (χ1v) is 8.23. The van der Waals surface area contributed by atoms with Gasteiger partial charge >= 0.3 is 0 Å². The molecule has 0 amide bonds. The number of aliphatic hydroxyl groups is 1. The summed E-state index contributed by atoms with van der Waals surface area (Å²) in [5.74, 6) is 6.17. The van der Waals surface area contributed by atoms with Crippen LogP contribution in [0.1, 0.15) is 77.6 Å². The average molecular weight is 265 g/mol. The Morgan fingerprint density at radius 3 is 2.21 bits per heavy atom. The fourth-order valence-electron chi connectivity index (χ4n) is 2.48. The number of aliphatic hydroxyl groups excluding tert-OH is 1. The number of nitrogens with one attached hydrogen (secondary N) is 1. The van der Waals surface area contributed by atoms with Gasteiger partial charge in [-0.1, -0.05) is 76.6 Å². The maximum atomic E-state index is 8.63. The molecular weight excluding hydrogens is 234 g/mol. The van der Waals surface area contributed by atoms with E-state index in [1.807, 2.05) is 0 Å². The molecule has 110 valence electrons. The van der Waals surface area contributed by atoms with E-state index in [1.54, 1.807) is 0 Å². The van der Waals surface area contributed by atoms with Crippen LogP contribution in [0.15, 0.2) is 0 Å². The van der Waals surface area contributed by atoms with Crippen molar-refractivity contribution in [2.24, 2.45) is 0 Å². The Labute approximate surface area is 119 Å². The highest BCUT2D eigenvalue weighted by Crippen LogP contribution is 2.18. The minimum atomic E-state index is 0.183. The van der Waals surface area contributed by atoms with Crippen LogP contribution in [0, 0.1) is 11.8 Å². The summed E-state index contributed by atoms with van der Waals surface area (Å²) in [6.45, 7) is 2.45. The van der Waals surface area contributed by atoms with E-state index in [4.69, 9.17) is 5.11 Å². The van der Waals surface area contributed by atoms with Crippen molar-refractivity contribution in [3.63, 3.8) is 0 Å². The first-order chi connectivity index (χ1) is 9.38. The van der Waals surface area contributed by atoms with Crippen molar-refractivity contribution in [1.82, 2.24) is 5.32 Å². The normalized spacial score (nSPS) is 20.9. The molecule has 1 rings (SSSR count). The van der Waals surface area contributed by atoms with Crippen molar-refractivity contribution < 1.29 is 5.11 Å².